The molecule has 1 aliphatic heterocycles. The van der Waals surface area contributed by atoms with E-state index in [9.17, 15) is 0 Å². The van der Waals surface area contributed by atoms with Crippen molar-refractivity contribution in [3.63, 3.8) is 0 Å². The number of benzene rings is 1. The minimum absolute atomic E-state index is 0.748. The van der Waals surface area contributed by atoms with Gasteiger partial charge in [-0.25, -0.2) is 0 Å². The molecule has 0 amide bonds. The van der Waals surface area contributed by atoms with Crippen molar-refractivity contribution in [3.8, 4) is 11.5 Å². The molecule has 0 saturated heterocycles. The number of hydrogen-bond acceptors (Lipinski definition) is 3. The average Bonchev–Trinajstić information content (AvgIpc) is 2.50. The molecular formula is C12H17NO2. The van der Waals surface area contributed by atoms with Gasteiger partial charge >= 0.3 is 0 Å². The van der Waals surface area contributed by atoms with Gasteiger partial charge in [0.2, 0.25) is 0 Å². The maximum absolute atomic E-state index is 5.62. The Bertz CT molecular complexity index is 325. The van der Waals surface area contributed by atoms with Crippen molar-refractivity contribution < 1.29 is 9.47 Å². The van der Waals surface area contributed by atoms with Gasteiger partial charge in [0.05, 0.1) is 13.2 Å². The highest BCUT2D eigenvalue weighted by molar-refractivity contribution is 5.43. The molecule has 1 N–H and O–H groups in total. The first-order valence-corrected chi connectivity index (χ1v) is 5.49. The Hall–Kier alpha value is -1.22. The molecular weight excluding hydrogens is 190 g/mol. The van der Waals surface area contributed by atoms with Crippen molar-refractivity contribution in [2.75, 3.05) is 19.8 Å². The van der Waals surface area contributed by atoms with Gasteiger partial charge in [-0.3, -0.25) is 0 Å². The molecule has 1 aromatic carbocycles. The summed E-state index contributed by atoms with van der Waals surface area (Å²) >= 11 is 0. The maximum Gasteiger partial charge on any atom is 0.161 e. The quantitative estimate of drug-likeness (QED) is 0.821. The van der Waals surface area contributed by atoms with E-state index in [4.69, 9.17) is 9.47 Å². The van der Waals surface area contributed by atoms with Gasteiger partial charge in [-0.1, -0.05) is 13.0 Å². The van der Waals surface area contributed by atoms with Crippen LogP contribution in [0.4, 0.5) is 0 Å². The van der Waals surface area contributed by atoms with E-state index in [0.717, 1.165) is 44.2 Å². The Labute approximate surface area is 90.4 Å². The normalized spacial score (nSPS) is 14.7. The van der Waals surface area contributed by atoms with Crippen LogP contribution in [-0.2, 0) is 6.54 Å². The summed E-state index contributed by atoms with van der Waals surface area (Å²) in [4.78, 5) is 0. The molecule has 3 nitrogen and oxygen atoms in total. The van der Waals surface area contributed by atoms with Gasteiger partial charge in [-0.05, 0) is 24.2 Å². The standard InChI is InChI=1S/C12H17NO2/c1-2-13-9-10-4-5-11-12(8-10)15-7-3-6-14-11/h4-5,8,13H,2-3,6-7,9H2,1H3. The highest BCUT2D eigenvalue weighted by atomic mass is 16.5. The molecule has 15 heavy (non-hydrogen) atoms. The van der Waals surface area contributed by atoms with Crippen LogP contribution in [0.2, 0.25) is 0 Å². The summed E-state index contributed by atoms with van der Waals surface area (Å²) in [5.41, 5.74) is 1.24. The van der Waals surface area contributed by atoms with Crippen molar-refractivity contribution >= 4 is 0 Å². The van der Waals surface area contributed by atoms with E-state index >= 15 is 0 Å². The summed E-state index contributed by atoms with van der Waals surface area (Å²) in [6.07, 6.45) is 0.956. The minimum Gasteiger partial charge on any atom is -0.490 e. The fourth-order valence-corrected chi connectivity index (χ4v) is 1.59. The Morgan fingerprint density at radius 3 is 2.80 bits per heavy atom. The molecule has 0 atom stereocenters. The van der Waals surface area contributed by atoms with Gasteiger partial charge in [0.25, 0.3) is 0 Å². The zero-order valence-electron chi connectivity index (χ0n) is 9.08. The van der Waals surface area contributed by atoms with E-state index in [1.807, 2.05) is 6.07 Å². The van der Waals surface area contributed by atoms with E-state index < -0.39 is 0 Å². The van der Waals surface area contributed by atoms with E-state index in [0.29, 0.717) is 0 Å². The fraction of sp³-hybridized carbons (Fsp3) is 0.500. The molecule has 0 saturated carbocycles. The largest absolute Gasteiger partial charge is 0.490 e. The van der Waals surface area contributed by atoms with Crippen molar-refractivity contribution in [2.24, 2.45) is 0 Å². The van der Waals surface area contributed by atoms with Gasteiger partial charge in [0, 0.05) is 13.0 Å². The van der Waals surface area contributed by atoms with Gasteiger partial charge in [0.15, 0.2) is 11.5 Å². The molecule has 0 aliphatic carbocycles. The zero-order valence-corrected chi connectivity index (χ0v) is 9.08. The lowest BCUT2D eigenvalue weighted by atomic mass is 10.2. The lowest BCUT2D eigenvalue weighted by molar-refractivity contribution is 0.297. The molecule has 0 bridgehead atoms. The average molecular weight is 207 g/mol. The molecule has 0 unspecified atom stereocenters. The van der Waals surface area contributed by atoms with Crippen LogP contribution >= 0.6 is 0 Å². The summed E-state index contributed by atoms with van der Waals surface area (Å²) in [6.45, 7) is 5.46. The van der Waals surface area contributed by atoms with Crippen LogP contribution in [0.3, 0.4) is 0 Å². The maximum atomic E-state index is 5.62. The molecule has 2 rings (SSSR count). The van der Waals surface area contributed by atoms with E-state index in [1.54, 1.807) is 0 Å². The molecule has 1 aromatic rings. The number of hydrogen-bond donors (Lipinski definition) is 1. The third kappa shape index (κ3) is 2.63. The van der Waals surface area contributed by atoms with Crippen molar-refractivity contribution in [1.82, 2.24) is 5.32 Å². The third-order valence-corrected chi connectivity index (χ3v) is 2.39. The Morgan fingerprint density at radius 2 is 2.00 bits per heavy atom. The molecule has 1 heterocycles. The Morgan fingerprint density at radius 1 is 1.20 bits per heavy atom. The van der Waals surface area contributed by atoms with Gasteiger partial charge < -0.3 is 14.8 Å². The molecule has 0 spiro atoms. The lowest BCUT2D eigenvalue weighted by Crippen LogP contribution is -2.11. The number of rotatable bonds is 3. The first kappa shape index (κ1) is 10.3. The SMILES string of the molecule is CCNCc1ccc2c(c1)OCCCO2. The van der Waals surface area contributed by atoms with Crippen molar-refractivity contribution in [2.45, 2.75) is 19.9 Å². The van der Waals surface area contributed by atoms with Gasteiger partial charge in [-0.15, -0.1) is 0 Å². The second kappa shape index (κ2) is 5.03. The summed E-state index contributed by atoms with van der Waals surface area (Å²) in [6, 6.07) is 6.13. The molecule has 82 valence electrons. The van der Waals surface area contributed by atoms with Crippen LogP contribution in [0, 0.1) is 0 Å². The van der Waals surface area contributed by atoms with Gasteiger partial charge in [0.1, 0.15) is 0 Å². The van der Waals surface area contributed by atoms with Crippen LogP contribution in [-0.4, -0.2) is 19.8 Å². The highest BCUT2D eigenvalue weighted by Gasteiger charge is 2.09. The smallest absolute Gasteiger partial charge is 0.161 e. The molecule has 0 fully saturated rings. The van der Waals surface area contributed by atoms with Crippen LogP contribution < -0.4 is 14.8 Å². The van der Waals surface area contributed by atoms with E-state index in [1.165, 1.54) is 5.56 Å². The summed E-state index contributed by atoms with van der Waals surface area (Å²) in [7, 11) is 0. The molecule has 0 radical (unpaired) electrons. The fourth-order valence-electron chi connectivity index (χ4n) is 1.59. The van der Waals surface area contributed by atoms with Crippen LogP contribution in [0.1, 0.15) is 18.9 Å². The summed E-state index contributed by atoms with van der Waals surface area (Å²) in [5.74, 6) is 1.75. The third-order valence-electron chi connectivity index (χ3n) is 2.39. The minimum atomic E-state index is 0.748. The van der Waals surface area contributed by atoms with Crippen LogP contribution in [0.15, 0.2) is 18.2 Å². The second-order valence-corrected chi connectivity index (χ2v) is 3.61. The van der Waals surface area contributed by atoms with Crippen LogP contribution in [0.5, 0.6) is 11.5 Å². The highest BCUT2D eigenvalue weighted by Crippen LogP contribution is 2.30. The molecule has 0 aromatic heterocycles. The zero-order chi connectivity index (χ0) is 10.5. The Balaban J connectivity index is 2.13. The number of fused-ring (bicyclic) bond motifs is 1. The molecule has 1 aliphatic rings. The summed E-state index contributed by atoms with van der Waals surface area (Å²) in [5, 5.41) is 3.29. The summed E-state index contributed by atoms with van der Waals surface area (Å²) < 4.78 is 11.2. The first-order valence-electron chi connectivity index (χ1n) is 5.49. The van der Waals surface area contributed by atoms with Crippen molar-refractivity contribution in [3.05, 3.63) is 23.8 Å². The van der Waals surface area contributed by atoms with Crippen molar-refractivity contribution in [1.29, 1.82) is 0 Å². The first-order chi connectivity index (χ1) is 7.40. The topological polar surface area (TPSA) is 30.5 Å². The number of ether oxygens (including phenoxy) is 2. The predicted octanol–water partition coefficient (Wildman–Crippen LogP) is 1.96. The number of nitrogens with one attached hydrogen (secondary N) is 1. The van der Waals surface area contributed by atoms with E-state index in [-0.39, 0.29) is 0 Å². The van der Waals surface area contributed by atoms with Crippen LogP contribution in [0.25, 0.3) is 0 Å². The Kier molecular flexibility index (Phi) is 3.45. The monoisotopic (exact) mass is 207 g/mol. The van der Waals surface area contributed by atoms with E-state index in [2.05, 4.69) is 24.4 Å². The second-order valence-electron chi connectivity index (χ2n) is 3.61. The predicted molar refractivity (Wildman–Crippen MR) is 59.4 cm³/mol. The lowest BCUT2D eigenvalue weighted by Gasteiger charge is -2.09. The van der Waals surface area contributed by atoms with Gasteiger partial charge in [-0.2, -0.15) is 0 Å². The molecule has 3 heteroatoms.